The van der Waals surface area contributed by atoms with Crippen LogP contribution >= 0.6 is 24.4 Å². The van der Waals surface area contributed by atoms with E-state index < -0.39 is 10.3 Å². The zero-order valence-electron chi connectivity index (χ0n) is 7.27. The molecule has 8 heteroatoms. The molecule has 0 aliphatic heterocycles. The third-order valence-corrected chi connectivity index (χ3v) is 0.285. The molecule has 0 radical (unpaired) electrons. The molecule has 0 amide bonds. The third kappa shape index (κ3) is 386. The Hall–Kier alpha value is -0.0800. The average Bonchev–Trinajstić information content (AvgIpc) is 1.86. The summed E-state index contributed by atoms with van der Waals surface area (Å²) in [6, 6.07) is 0. The van der Waals surface area contributed by atoms with E-state index in [1.807, 2.05) is 6.92 Å². The van der Waals surface area contributed by atoms with Gasteiger partial charge in [-0.2, -0.15) is 0 Å². The maximum atomic E-state index is 7.56. The van der Waals surface area contributed by atoms with Gasteiger partial charge in [0.1, 0.15) is 0 Å². The molecule has 0 saturated heterocycles. The van der Waals surface area contributed by atoms with Gasteiger partial charge in [-0.05, 0) is 31.4 Å². The van der Waals surface area contributed by atoms with Crippen molar-refractivity contribution in [2.75, 3.05) is 6.61 Å². The van der Waals surface area contributed by atoms with Gasteiger partial charge in [-0.3, -0.25) is 0 Å². The summed E-state index contributed by atoms with van der Waals surface area (Å²) in [5.74, 6) is 0. The van der Waals surface area contributed by atoms with Crippen LogP contribution < -0.4 is 11.5 Å². The van der Waals surface area contributed by atoms with Crippen molar-refractivity contribution in [2.24, 2.45) is 11.5 Å². The Bertz CT molecular complexity index is 138. The van der Waals surface area contributed by atoms with Gasteiger partial charge in [-0.25, -0.2) is 0 Å². The molecule has 0 aliphatic rings. The van der Waals surface area contributed by atoms with Gasteiger partial charge in [-0.1, -0.05) is 6.58 Å². The molecule has 0 spiro atoms. The van der Waals surface area contributed by atoms with E-state index in [2.05, 4.69) is 47.2 Å². The zero-order chi connectivity index (χ0) is 11.3. The molecule has 0 aromatic rings. The number of hydrogen-bond acceptors (Lipinski definition) is 3. The van der Waals surface area contributed by atoms with E-state index >= 15 is 0 Å². The summed E-state index contributed by atoms with van der Waals surface area (Å²) >= 11 is 7.74. The van der Waals surface area contributed by atoms with Crippen molar-refractivity contribution in [1.82, 2.24) is 0 Å². The van der Waals surface area contributed by atoms with Gasteiger partial charge in [0.15, 0.2) is 0 Å². The van der Waals surface area contributed by atoms with Crippen LogP contribution in [-0.2, 0) is 4.74 Å². The molecule has 0 aromatic heterocycles. The Kier molecular flexibility index (Phi) is 38.9. The fraction of sp³-hybridized carbons (Fsp3) is 0.333. The molecule has 0 fully saturated rings. The van der Waals surface area contributed by atoms with Crippen molar-refractivity contribution in [2.45, 2.75) is 6.92 Å². The molecular formula is C6H15N2NaO3S2. The molecule has 0 bridgehead atoms. The second-order valence-corrected chi connectivity index (χ2v) is 2.14. The molecular weight excluding hydrogens is 235 g/mol. The van der Waals surface area contributed by atoms with Crippen molar-refractivity contribution < 1.29 is 14.9 Å². The fourth-order valence-corrected chi connectivity index (χ4v) is 0.118. The van der Waals surface area contributed by atoms with Crippen LogP contribution in [0.2, 0.25) is 0 Å². The number of hydrogen-bond donors (Lipinski definition) is 4. The molecule has 14 heavy (non-hydrogen) atoms. The second kappa shape index (κ2) is 23.1. The van der Waals surface area contributed by atoms with Gasteiger partial charge in [0.2, 0.25) is 0 Å². The number of nitrogens with two attached hydrogens (primary N) is 2. The molecule has 6 N–H and O–H groups in total. The molecule has 5 nitrogen and oxygen atoms in total. The van der Waals surface area contributed by atoms with Crippen molar-refractivity contribution >= 4 is 64.3 Å². The molecule has 0 heterocycles. The first-order valence-electron chi connectivity index (χ1n) is 3.07. The molecule has 0 aliphatic carbocycles. The summed E-state index contributed by atoms with van der Waals surface area (Å²) in [6.45, 7) is 5.97. The van der Waals surface area contributed by atoms with Crippen LogP contribution in [0.1, 0.15) is 6.92 Å². The number of rotatable bonds is 2. The van der Waals surface area contributed by atoms with Crippen molar-refractivity contribution in [3.05, 3.63) is 12.8 Å². The summed E-state index contributed by atoms with van der Waals surface area (Å²) in [5, 5.41) is 14.1. The van der Waals surface area contributed by atoms with Crippen molar-refractivity contribution in [1.29, 1.82) is 0 Å². The third-order valence-electron chi connectivity index (χ3n) is 0.285. The van der Waals surface area contributed by atoms with Crippen LogP contribution in [0.15, 0.2) is 12.8 Å². The van der Waals surface area contributed by atoms with Gasteiger partial charge in [-0.15, -0.1) is 0 Å². The Labute approximate surface area is 116 Å². The molecule has 0 saturated carbocycles. The quantitative estimate of drug-likeness (QED) is 0.313. The van der Waals surface area contributed by atoms with E-state index in [0.717, 1.165) is 6.61 Å². The first-order chi connectivity index (χ1) is 5.88. The summed E-state index contributed by atoms with van der Waals surface area (Å²) in [4.78, 5) is 0. The number of aliphatic hydroxyl groups excluding tert-OH is 2. The van der Waals surface area contributed by atoms with E-state index in [1.165, 1.54) is 6.26 Å². The number of thiocarbonyl (C=S) groups is 2. The molecule has 0 atom stereocenters. The molecule has 80 valence electrons. The monoisotopic (exact) mass is 250 g/mol. The summed E-state index contributed by atoms with van der Waals surface area (Å²) < 4.78 is 4.60. The van der Waals surface area contributed by atoms with E-state index in [1.54, 1.807) is 0 Å². The van der Waals surface area contributed by atoms with Crippen molar-refractivity contribution in [3.63, 3.8) is 0 Å². The van der Waals surface area contributed by atoms with Crippen molar-refractivity contribution in [3.8, 4) is 0 Å². The van der Waals surface area contributed by atoms with Gasteiger partial charge in [0.05, 0.1) is 12.9 Å². The Morgan fingerprint density at radius 3 is 1.57 bits per heavy atom. The summed E-state index contributed by atoms with van der Waals surface area (Å²) in [6.07, 6.45) is 1.43. The molecule has 0 aromatic carbocycles. The van der Waals surface area contributed by atoms with Crippen LogP contribution in [0, 0.1) is 0 Å². The second-order valence-electron chi connectivity index (χ2n) is 1.30. The Morgan fingerprint density at radius 2 is 1.57 bits per heavy atom. The van der Waals surface area contributed by atoms with Gasteiger partial charge in [0.25, 0.3) is 10.3 Å². The molecule has 0 rings (SSSR count). The maximum absolute atomic E-state index is 7.56. The first kappa shape index (κ1) is 23.6. The van der Waals surface area contributed by atoms with E-state index in [-0.39, 0.29) is 29.6 Å². The SMILES string of the molecule is C=COCC.NC(O)=S.NC(O)=S.[NaH]. The van der Waals surface area contributed by atoms with Gasteiger partial charge >= 0.3 is 29.6 Å². The zero-order valence-corrected chi connectivity index (χ0v) is 8.90. The van der Waals surface area contributed by atoms with Crippen LogP contribution in [0.25, 0.3) is 0 Å². The van der Waals surface area contributed by atoms with Gasteiger partial charge in [0, 0.05) is 0 Å². The number of ether oxygens (including phenoxy) is 1. The van der Waals surface area contributed by atoms with Gasteiger partial charge < -0.3 is 26.4 Å². The predicted octanol–water partition coefficient (Wildman–Crippen LogP) is 0.0939. The number of aliphatic hydroxyl groups is 2. The minimum atomic E-state index is -0.500. The molecule has 0 unspecified atom stereocenters. The average molecular weight is 250 g/mol. The minimum absolute atomic E-state index is 0. The van der Waals surface area contributed by atoms with Crippen LogP contribution in [0.3, 0.4) is 0 Å². The fourth-order valence-electron chi connectivity index (χ4n) is 0.118. The summed E-state index contributed by atoms with van der Waals surface area (Å²) in [7, 11) is 0. The Balaban J connectivity index is -0.0000000522. The summed E-state index contributed by atoms with van der Waals surface area (Å²) in [5.41, 5.74) is 8.80. The van der Waals surface area contributed by atoms with E-state index in [9.17, 15) is 0 Å². The van der Waals surface area contributed by atoms with E-state index in [4.69, 9.17) is 10.2 Å². The normalized spacial score (nSPS) is 5.79. The van der Waals surface area contributed by atoms with Crippen LogP contribution in [0.5, 0.6) is 0 Å². The van der Waals surface area contributed by atoms with E-state index in [0.29, 0.717) is 0 Å². The topological polar surface area (TPSA) is 102 Å². The van der Waals surface area contributed by atoms with Crippen LogP contribution in [-0.4, -0.2) is 56.7 Å². The van der Waals surface area contributed by atoms with Crippen LogP contribution in [0.4, 0.5) is 0 Å². The first-order valence-corrected chi connectivity index (χ1v) is 3.89. The Morgan fingerprint density at radius 1 is 1.36 bits per heavy atom. The standard InChI is InChI=1S/C4H8O.2CH3NOS.Na.H/c1-3-5-4-2;2*2-1(3)4;;/h3H,1,4H2,2H3;2*(H3,2,3,4);;. The predicted molar refractivity (Wildman–Crippen MR) is 67.8 cm³/mol.